The number of H-pyrrole nitrogens is 1. The molecule has 2 fully saturated rings. The van der Waals surface area contributed by atoms with Gasteiger partial charge in [-0.3, -0.25) is 0 Å². The Kier molecular flexibility index (Phi) is 7.29. The summed E-state index contributed by atoms with van der Waals surface area (Å²) in [6.45, 7) is 9.03. The molecule has 9 nitrogen and oxygen atoms in total. The molecule has 0 unspecified atom stereocenters. The van der Waals surface area contributed by atoms with E-state index in [1.165, 1.54) is 7.11 Å². The number of nitrogens with one attached hydrogen (secondary N) is 1. The third-order valence-corrected chi connectivity index (χ3v) is 10.0. The SMILES string of the molecule is CO[C@H]1C[C@H]2C=C[C@H]3[C@H]4O[C@]2(/C(C)=C/[C@@H](C)[C@@](C)([C@@H](C)O)OC1=O)[C@@H]3[C@H](O)[C@@H](C)[C@H]4OC(=O)c1ccc(Cl)[nH]1. The first-order chi connectivity index (χ1) is 18.3. The van der Waals surface area contributed by atoms with Crippen molar-refractivity contribution in [1.82, 2.24) is 4.98 Å². The molecule has 1 spiro atoms. The number of carbonyl (C=O) groups excluding carboxylic acids is 2. The van der Waals surface area contributed by atoms with Crippen LogP contribution in [0.2, 0.25) is 5.15 Å². The summed E-state index contributed by atoms with van der Waals surface area (Å²) < 4.78 is 24.4. The lowest BCUT2D eigenvalue weighted by Crippen LogP contribution is -2.57. The third-order valence-electron chi connectivity index (χ3n) is 9.78. The molecule has 4 aliphatic rings. The van der Waals surface area contributed by atoms with Crippen molar-refractivity contribution in [2.75, 3.05) is 7.11 Å². The number of carbonyl (C=O) groups is 2. The molecule has 39 heavy (non-hydrogen) atoms. The molecule has 214 valence electrons. The van der Waals surface area contributed by atoms with E-state index in [0.717, 1.165) is 5.57 Å². The summed E-state index contributed by atoms with van der Waals surface area (Å²) in [7, 11) is 1.46. The Balaban J connectivity index is 1.59. The Bertz CT molecular complexity index is 1190. The largest absolute Gasteiger partial charge is 0.455 e. The molecule has 1 aromatic heterocycles. The minimum absolute atomic E-state index is 0.213. The van der Waals surface area contributed by atoms with Crippen molar-refractivity contribution >= 4 is 23.5 Å². The maximum Gasteiger partial charge on any atom is 0.355 e. The third kappa shape index (κ3) is 4.28. The number of aromatic nitrogens is 1. The fourth-order valence-corrected chi connectivity index (χ4v) is 7.38. The highest BCUT2D eigenvalue weighted by Crippen LogP contribution is 2.61. The predicted molar refractivity (Wildman–Crippen MR) is 142 cm³/mol. The van der Waals surface area contributed by atoms with Gasteiger partial charge < -0.3 is 34.1 Å². The Morgan fingerprint density at radius 1 is 1.28 bits per heavy atom. The standard InChI is InChI=1S/C29H38ClNO8/c1-13-11-14(2)29-17(12-20(36-6)27(35)39-28(13,5)16(4)32)7-8-18-22(29)23(33)15(3)24(25(18)38-29)37-26(34)19-9-10-21(30)31-19/h7-11,13,15-18,20,22-25,31-33H,12H2,1-6H3/b14-11+/t13-,15-,16-,17-,18-,20+,22+,23-,24-,25-,28+,29+/m1/s1. The minimum atomic E-state index is -1.21. The first-order valence-corrected chi connectivity index (χ1v) is 13.9. The van der Waals surface area contributed by atoms with E-state index in [2.05, 4.69) is 4.98 Å². The number of aromatic amines is 1. The molecule has 0 amide bonds. The van der Waals surface area contributed by atoms with Gasteiger partial charge in [-0.25, -0.2) is 9.59 Å². The van der Waals surface area contributed by atoms with Gasteiger partial charge in [-0.2, -0.15) is 0 Å². The number of cyclic esters (lactones) is 1. The molecule has 1 aromatic rings. The van der Waals surface area contributed by atoms with Gasteiger partial charge in [-0.05, 0) is 44.9 Å². The molecule has 5 rings (SSSR count). The molecule has 12 atom stereocenters. The lowest BCUT2D eigenvalue weighted by atomic mass is 9.57. The van der Waals surface area contributed by atoms with Crippen molar-refractivity contribution in [2.45, 2.75) is 82.8 Å². The zero-order chi connectivity index (χ0) is 28.4. The van der Waals surface area contributed by atoms with Gasteiger partial charge in [0, 0.05) is 36.7 Å². The average Bonchev–Trinajstić information content (AvgIpc) is 3.40. The van der Waals surface area contributed by atoms with Gasteiger partial charge in [0.2, 0.25) is 0 Å². The number of aliphatic hydroxyl groups excluding tert-OH is 2. The van der Waals surface area contributed by atoms with Gasteiger partial charge >= 0.3 is 11.9 Å². The van der Waals surface area contributed by atoms with Crippen molar-refractivity contribution in [3.63, 3.8) is 0 Å². The zero-order valence-corrected chi connectivity index (χ0v) is 23.8. The van der Waals surface area contributed by atoms with E-state index in [4.69, 9.17) is 30.5 Å². The smallest absolute Gasteiger partial charge is 0.355 e. The quantitative estimate of drug-likeness (QED) is 0.375. The summed E-state index contributed by atoms with van der Waals surface area (Å²) in [5, 5.41) is 22.8. The lowest BCUT2D eigenvalue weighted by Gasteiger charge is -2.49. The molecular formula is C29H38ClNO8. The van der Waals surface area contributed by atoms with Crippen LogP contribution < -0.4 is 0 Å². The molecule has 0 radical (unpaired) electrons. The van der Waals surface area contributed by atoms with Crippen molar-refractivity contribution in [3.05, 3.63) is 46.8 Å². The van der Waals surface area contributed by atoms with Crippen LogP contribution in [0.3, 0.4) is 0 Å². The number of aliphatic hydroxyl groups is 2. The highest BCUT2D eigenvalue weighted by molar-refractivity contribution is 6.29. The molecule has 10 heteroatoms. The molecule has 1 saturated carbocycles. The second kappa shape index (κ2) is 10.0. The van der Waals surface area contributed by atoms with Crippen LogP contribution in [-0.2, 0) is 23.7 Å². The van der Waals surface area contributed by atoms with Gasteiger partial charge in [0.05, 0.1) is 12.2 Å². The van der Waals surface area contributed by atoms with Crippen LogP contribution in [0.15, 0.2) is 35.9 Å². The highest BCUT2D eigenvalue weighted by atomic mass is 35.5. The summed E-state index contributed by atoms with van der Waals surface area (Å²) in [5.74, 6) is -2.80. The highest BCUT2D eigenvalue weighted by Gasteiger charge is 2.69. The Hall–Kier alpha value is -2.17. The van der Waals surface area contributed by atoms with E-state index in [1.54, 1.807) is 26.0 Å². The molecule has 3 N–H and O–H groups in total. The Labute approximate surface area is 233 Å². The van der Waals surface area contributed by atoms with Gasteiger partial charge in [-0.15, -0.1) is 0 Å². The topological polar surface area (TPSA) is 127 Å². The molecule has 1 saturated heterocycles. The maximum atomic E-state index is 13.3. The second-order valence-corrected chi connectivity index (χ2v) is 12.2. The van der Waals surface area contributed by atoms with Crippen LogP contribution >= 0.6 is 11.6 Å². The van der Waals surface area contributed by atoms with E-state index in [-0.39, 0.29) is 35.8 Å². The summed E-state index contributed by atoms with van der Waals surface area (Å²) in [6, 6.07) is 3.13. The van der Waals surface area contributed by atoms with Crippen LogP contribution in [0.25, 0.3) is 0 Å². The van der Waals surface area contributed by atoms with Gasteiger partial charge in [-0.1, -0.05) is 43.7 Å². The number of methoxy groups -OCH3 is 1. The van der Waals surface area contributed by atoms with Gasteiger partial charge in [0.15, 0.2) is 6.10 Å². The maximum absolute atomic E-state index is 13.3. The fourth-order valence-electron chi connectivity index (χ4n) is 7.21. The normalized spacial score (nSPS) is 45.5. The predicted octanol–water partition coefficient (Wildman–Crippen LogP) is 3.44. The number of hydrogen-bond acceptors (Lipinski definition) is 8. The van der Waals surface area contributed by atoms with Crippen LogP contribution in [0, 0.1) is 29.6 Å². The zero-order valence-electron chi connectivity index (χ0n) is 23.1. The molecule has 2 aliphatic carbocycles. The first-order valence-electron chi connectivity index (χ1n) is 13.6. The van der Waals surface area contributed by atoms with E-state index in [0.29, 0.717) is 5.15 Å². The number of ether oxygens (including phenoxy) is 4. The van der Waals surface area contributed by atoms with Gasteiger partial charge in [0.1, 0.15) is 34.3 Å². The fraction of sp³-hybridized carbons (Fsp3) is 0.655. The lowest BCUT2D eigenvalue weighted by molar-refractivity contribution is -0.189. The summed E-state index contributed by atoms with van der Waals surface area (Å²) in [4.78, 5) is 29.1. The van der Waals surface area contributed by atoms with E-state index in [1.807, 2.05) is 39.0 Å². The molecule has 2 aliphatic heterocycles. The van der Waals surface area contributed by atoms with Crippen molar-refractivity contribution in [1.29, 1.82) is 0 Å². The van der Waals surface area contributed by atoms with E-state index in [9.17, 15) is 19.8 Å². The minimum Gasteiger partial charge on any atom is -0.455 e. The molecule has 4 bridgehead atoms. The van der Waals surface area contributed by atoms with Crippen LogP contribution in [-0.4, -0.2) is 76.0 Å². The summed E-state index contributed by atoms with van der Waals surface area (Å²) in [6.07, 6.45) is 2.34. The van der Waals surface area contributed by atoms with Gasteiger partial charge in [0.25, 0.3) is 0 Å². The molecule has 0 aromatic carbocycles. The summed E-state index contributed by atoms with van der Waals surface area (Å²) >= 11 is 5.96. The van der Waals surface area contributed by atoms with E-state index < -0.39 is 59.6 Å². The summed E-state index contributed by atoms with van der Waals surface area (Å²) in [5.41, 5.74) is -1.09. The molecular weight excluding hydrogens is 526 g/mol. The number of esters is 2. The van der Waals surface area contributed by atoms with Crippen molar-refractivity contribution in [3.8, 4) is 0 Å². The first kappa shape index (κ1) is 28.4. The van der Waals surface area contributed by atoms with Crippen LogP contribution in [0.1, 0.15) is 51.5 Å². The van der Waals surface area contributed by atoms with Crippen molar-refractivity contribution < 1.29 is 38.7 Å². The second-order valence-electron chi connectivity index (χ2n) is 11.8. The number of hydrogen-bond donors (Lipinski definition) is 3. The Morgan fingerprint density at radius 2 is 2.00 bits per heavy atom. The van der Waals surface area contributed by atoms with Crippen LogP contribution in [0.5, 0.6) is 0 Å². The number of rotatable bonds is 4. The average molecular weight is 564 g/mol. The van der Waals surface area contributed by atoms with Crippen LogP contribution in [0.4, 0.5) is 0 Å². The van der Waals surface area contributed by atoms with E-state index >= 15 is 0 Å². The molecule has 3 heterocycles. The monoisotopic (exact) mass is 563 g/mol. The van der Waals surface area contributed by atoms with Crippen molar-refractivity contribution in [2.24, 2.45) is 29.6 Å². The number of halogens is 1. The Morgan fingerprint density at radius 3 is 2.62 bits per heavy atom.